The van der Waals surface area contributed by atoms with Gasteiger partial charge in [-0.3, -0.25) is 4.79 Å². The number of nitrogens with zero attached hydrogens (tertiary/aromatic N) is 6. The molecule has 4 aromatic rings. The van der Waals surface area contributed by atoms with E-state index in [4.69, 9.17) is 4.74 Å². The first-order valence-corrected chi connectivity index (χ1v) is 17.3. The van der Waals surface area contributed by atoms with E-state index in [2.05, 4.69) is 57.3 Å². The van der Waals surface area contributed by atoms with E-state index in [0.717, 1.165) is 35.5 Å². The maximum atomic E-state index is 14.3. The highest BCUT2D eigenvalue weighted by Crippen LogP contribution is 2.33. The van der Waals surface area contributed by atoms with Crippen LogP contribution in [-0.4, -0.2) is 64.9 Å². The predicted molar refractivity (Wildman–Crippen MR) is 181 cm³/mol. The molecule has 1 amide bonds. The number of fused-ring (bicyclic) bond motifs is 4. The van der Waals surface area contributed by atoms with Crippen LogP contribution in [0.5, 0.6) is 5.88 Å². The van der Waals surface area contributed by atoms with Crippen LogP contribution >= 0.6 is 0 Å². The summed E-state index contributed by atoms with van der Waals surface area (Å²) in [6, 6.07) is 13.2. The second-order valence-electron chi connectivity index (χ2n) is 13.7. The highest BCUT2D eigenvalue weighted by Gasteiger charge is 2.35. The van der Waals surface area contributed by atoms with Crippen molar-refractivity contribution in [2.75, 3.05) is 29.3 Å². The summed E-state index contributed by atoms with van der Waals surface area (Å²) in [7, 11) is -4.16. The summed E-state index contributed by atoms with van der Waals surface area (Å²) in [5.74, 6) is 0.425. The van der Waals surface area contributed by atoms with Gasteiger partial charge >= 0.3 is 0 Å². The lowest BCUT2D eigenvalue weighted by Gasteiger charge is -2.47. The molecule has 2 aliphatic rings. The van der Waals surface area contributed by atoms with Crippen LogP contribution in [0.4, 0.5) is 11.6 Å². The van der Waals surface area contributed by atoms with Crippen LogP contribution in [-0.2, 0) is 16.6 Å². The molecule has 4 heterocycles. The van der Waals surface area contributed by atoms with Crippen molar-refractivity contribution in [1.29, 1.82) is 0 Å². The minimum atomic E-state index is -4.16. The summed E-state index contributed by atoms with van der Waals surface area (Å²) in [6.45, 7) is 14.7. The lowest BCUT2D eigenvalue weighted by molar-refractivity contribution is 0.0545. The van der Waals surface area contributed by atoms with Crippen LogP contribution in [0, 0.1) is 25.2 Å². The number of rotatable bonds is 6. The topological polar surface area (TPSA) is 131 Å². The Hall–Kier alpha value is -4.58. The summed E-state index contributed by atoms with van der Waals surface area (Å²) in [5.41, 5.74) is 4.78. The number of aromatic nitrogens is 4. The molecule has 1 saturated heterocycles. The summed E-state index contributed by atoms with van der Waals surface area (Å²) in [6.07, 6.45) is 4.21. The van der Waals surface area contributed by atoms with Crippen molar-refractivity contribution in [3.63, 3.8) is 0 Å². The molecule has 2 aromatic heterocycles. The van der Waals surface area contributed by atoms with Gasteiger partial charge in [-0.2, -0.15) is 4.98 Å². The fourth-order valence-corrected chi connectivity index (χ4v) is 7.31. The van der Waals surface area contributed by atoms with Gasteiger partial charge in [-0.25, -0.2) is 28.1 Å². The van der Waals surface area contributed by atoms with Gasteiger partial charge < -0.3 is 14.5 Å². The van der Waals surface area contributed by atoms with Crippen LogP contribution < -0.4 is 14.4 Å². The first kappa shape index (κ1) is 32.4. The largest absolute Gasteiger partial charge is 0.475 e. The quantitative estimate of drug-likeness (QED) is 0.280. The van der Waals surface area contributed by atoms with Crippen LogP contribution in [0.3, 0.4) is 0 Å². The van der Waals surface area contributed by atoms with E-state index in [1.165, 1.54) is 12.1 Å². The zero-order chi connectivity index (χ0) is 33.5. The van der Waals surface area contributed by atoms with Crippen molar-refractivity contribution in [1.82, 2.24) is 24.8 Å². The Morgan fingerprint density at radius 3 is 2.34 bits per heavy atom. The van der Waals surface area contributed by atoms with Crippen molar-refractivity contribution in [3.05, 3.63) is 83.4 Å². The molecule has 0 aliphatic carbocycles. The lowest BCUT2D eigenvalue weighted by atomic mass is 9.84. The first-order chi connectivity index (χ1) is 22.3. The average molecular weight is 656 g/mol. The summed E-state index contributed by atoms with van der Waals surface area (Å²) < 4.78 is 36.1. The third-order valence-corrected chi connectivity index (χ3v) is 9.86. The molecule has 0 saturated carbocycles. The summed E-state index contributed by atoms with van der Waals surface area (Å²) >= 11 is 0. The maximum Gasteiger partial charge on any atom is 0.264 e. The van der Waals surface area contributed by atoms with Gasteiger partial charge in [0.1, 0.15) is 12.4 Å². The monoisotopic (exact) mass is 655 g/mol. The standard InChI is InChI=1S/C35H41N7O4S/c1-22(2)13-26-19-46-31-15-29(32-23(3)9-7-10-24(32)4)38-34(39-31)40-47(44,45)28-12-8-11-25(14-28)33(43)42(26)18-30-36-16-27(17-37-30)41-20-35(5,6)21-41/h7-12,14-17,22,26H,13,18-21H2,1-6H3,(H,38,39,40)/t26-/m1/s1. The van der Waals surface area contributed by atoms with E-state index in [0.29, 0.717) is 17.9 Å². The Morgan fingerprint density at radius 2 is 1.68 bits per heavy atom. The van der Waals surface area contributed by atoms with E-state index >= 15 is 0 Å². The fourth-order valence-electron chi connectivity index (χ4n) is 6.32. The molecule has 0 unspecified atom stereocenters. The molecule has 0 radical (unpaired) electrons. The molecule has 2 aliphatic heterocycles. The van der Waals surface area contributed by atoms with Gasteiger partial charge in [0.2, 0.25) is 11.8 Å². The van der Waals surface area contributed by atoms with Crippen molar-refractivity contribution in [3.8, 4) is 17.1 Å². The van der Waals surface area contributed by atoms with Gasteiger partial charge in [-0.1, -0.05) is 52.0 Å². The Kier molecular flexibility index (Phi) is 8.64. The van der Waals surface area contributed by atoms with Gasteiger partial charge in [0.05, 0.1) is 41.3 Å². The third kappa shape index (κ3) is 7.07. The third-order valence-electron chi connectivity index (χ3n) is 8.53. The zero-order valence-electron chi connectivity index (χ0n) is 27.7. The molecular formula is C35H41N7O4S. The number of benzene rings is 2. The van der Waals surface area contributed by atoms with Crippen molar-refractivity contribution in [2.45, 2.75) is 65.4 Å². The molecule has 1 atom stereocenters. The van der Waals surface area contributed by atoms with Gasteiger partial charge in [0.15, 0.2) is 0 Å². The van der Waals surface area contributed by atoms with Crippen molar-refractivity contribution in [2.24, 2.45) is 11.3 Å². The van der Waals surface area contributed by atoms with Crippen LogP contribution in [0.15, 0.2) is 65.8 Å². The molecule has 4 bridgehead atoms. The predicted octanol–water partition coefficient (Wildman–Crippen LogP) is 5.65. The van der Waals surface area contributed by atoms with Crippen molar-refractivity contribution < 1.29 is 17.9 Å². The molecule has 1 N–H and O–H groups in total. The molecule has 2 aromatic carbocycles. The van der Waals surface area contributed by atoms with E-state index < -0.39 is 16.1 Å². The van der Waals surface area contributed by atoms with Gasteiger partial charge in [-0.15, -0.1) is 0 Å². The number of carbonyl (C=O) groups excluding carboxylic acids is 1. The smallest absolute Gasteiger partial charge is 0.264 e. The van der Waals surface area contributed by atoms with Crippen LogP contribution in [0.25, 0.3) is 11.3 Å². The van der Waals surface area contributed by atoms with Gasteiger partial charge in [-0.05, 0) is 60.9 Å². The number of ether oxygens (including phenoxy) is 1. The molecule has 11 nitrogen and oxygen atoms in total. The first-order valence-electron chi connectivity index (χ1n) is 15.9. The highest BCUT2D eigenvalue weighted by atomic mass is 32.2. The number of aryl methyl sites for hydroxylation is 2. The molecule has 0 spiro atoms. The molecule has 246 valence electrons. The minimum absolute atomic E-state index is 0.0791. The van der Waals surface area contributed by atoms with Crippen molar-refractivity contribution >= 4 is 27.6 Å². The Balaban J connectivity index is 1.41. The maximum absolute atomic E-state index is 14.3. The van der Waals surface area contributed by atoms with Gasteiger partial charge in [0, 0.05) is 30.3 Å². The number of amides is 1. The number of nitrogens with one attached hydrogen (secondary N) is 1. The molecule has 47 heavy (non-hydrogen) atoms. The Morgan fingerprint density at radius 1 is 1.00 bits per heavy atom. The van der Waals surface area contributed by atoms with Gasteiger partial charge in [0.25, 0.3) is 15.9 Å². The lowest BCUT2D eigenvalue weighted by Crippen LogP contribution is -2.53. The minimum Gasteiger partial charge on any atom is -0.475 e. The number of carbonyl (C=O) groups is 1. The SMILES string of the molecule is Cc1cccc(C)c1-c1cc2nc(n1)NS(=O)(=O)c1cccc(c1)C(=O)N(Cc1ncc(N3CC(C)(C)C3)cn1)[C@H](CC(C)C)CO2. The van der Waals surface area contributed by atoms with E-state index in [-0.39, 0.29) is 52.7 Å². The van der Waals surface area contributed by atoms with Crippen LogP contribution in [0.2, 0.25) is 0 Å². The van der Waals surface area contributed by atoms with E-state index in [1.54, 1.807) is 35.5 Å². The summed E-state index contributed by atoms with van der Waals surface area (Å²) in [5, 5.41) is 0. The fraction of sp³-hybridized carbons (Fsp3) is 0.400. The second kappa shape index (κ2) is 12.6. The van der Waals surface area contributed by atoms with E-state index in [1.807, 2.05) is 32.0 Å². The second-order valence-corrected chi connectivity index (χ2v) is 15.4. The molecular weight excluding hydrogens is 614 g/mol. The number of anilines is 2. The Labute approximate surface area is 276 Å². The number of hydrogen-bond acceptors (Lipinski definition) is 9. The molecule has 6 rings (SSSR count). The number of hydrogen-bond donors (Lipinski definition) is 1. The zero-order valence-corrected chi connectivity index (χ0v) is 28.5. The average Bonchev–Trinajstić information content (AvgIpc) is 3.00. The normalized spacial score (nSPS) is 18.7. The van der Waals surface area contributed by atoms with E-state index in [9.17, 15) is 13.2 Å². The number of sulfonamides is 1. The Bertz CT molecular complexity index is 1880. The highest BCUT2D eigenvalue weighted by molar-refractivity contribution is 7.92. The molecule has 1 fully saturated rings. The van der Waals surface area contributed by atoms with Crippen LogP contribution in [0.1, 0.15) is 61.4 Å². The summed E-state index contributed by atoms with van der Waals surface area (Å²) in [4.78, 5) is 36.4. The molecule has 12 heteroatoms.